The van der Waals surface area contributed by atoms with Gasteiger partial charge in [-0.05, 0) is 78.4 Å². The molecular weight excluding hydrogens is 472 g/mol. The molecule has 1 saturated heterocycles. The first-order chi connectivity index (χ1) is 16.4. The highest BCUT2D eigenvalue weighted by Crippen LogP contribution is 2.34. The number of benzene rings is 3. The molecule has 34 heavy (non-hydrogen) atoms. The third-order valence-electron chi connectivity index (χ3n) is 5.02. The Kier molecular flexibility index (Phi) is 7.35. The van der Waals surface area contributed by atoms with Gasteiger partial charge in [-0.3, -0.25) is 9.69 Å². The van der Waals surface area contributed by atoms with Gasteiger partial charge in [0.15, 0.2) is 5.17 Å². The predicted molar refractivity (Wildman–Crippen MR) is 136 cm³/mol. The molecule has 1 N–H and O–H groups in total. The fourth-order valence-corrected chi connectivity index (χ4v) is 4.44. The van der Waals surface area contributed by atoms with Crippen molar-refractivity contribution >= 4 is 52.2 Å². The molecule has 0 saturated carbocycles. The summed E-state index contributed by atoms with van der Waals surface area (Å²) in [7, 11) is 0. The molecule has 1 heterocycles. The van der Waals surface area contributed by atoms with E-state index in [1.807, 2.05) is 61.5 Å². The molecule has 0 bridgehead atoms. The van der Waals surface area contributed by atoms with Crippen LogP contribution in [-0.4, -0.2) is 33.6 Å². The fourth-order valence-electron chi connectivity index (χ4n) is 3.25. The van der Waals surface area contributed by atoms with Crippen LogP contribution in [0.2, 0.25) is 5.02 Å². The SMILES string of the molecule is CCN1C(=O)/C(=C/c2ccc(OCc3ccc(Cl)cc3)cc2)SC1=Nc1cccc(C(=O)O)c1. The Morgan fingerprint density at radius 2 is 1.85 bits per heavy atom. The van der Waals surface area contributed by atoms with Gasteiger partial charge < -0.3 is 9.84 Å². The summed E-state index contributed by atoms with van der Waals surface area (Å²) in [6, 6.07) is 21.3. The number of amides is 1. The molecule has 3 aromatic carbocycles. The van der Waals surface area contributed by atoms with Gasteiger partial charge in [0, 0.05) is 11.6 Å². The lowest BCUT2D eigenvalue weighted by Crippen LogP contribution is -2.28. The number of amidine groups is 1. The number of nitrogens with zero attached hydrogens (tertiary/aromatic N) is 2. The fraction of sp³-hybridized carbons (Fsp3) is 0.115. The number of aliphatic imine (C=N–C) groups is 1. The first kappa shape index (κ1) is 23.6. The van der Waals surface area contributed by atoms with E-state index >= 15 is 0 Å². The van der Waals surface area contributed by atoms with Gasteiger partial charge in [0.05, 0.1) is 16.2 Å². The number of likely N-dealkylation sites (N-methyl/N-ethyl adjacent to an activating group) is 1. The maximum Gasteiger partial charge on any atom is 0.335 e. The number of hydrogen-bond acceptors (Lipinski definition) is 5. The number of thioether (sulfide) groups is 1. The molecule has 4 rings (SSSR count). The summed E-state index contributed by atoms with van der Waals surface area (Å²) in [5.41, 5.74) is 2.51. The Hall–Kier alpha value is -3.55. The van der Waals surface area contributed by atoms with Crippen molar-refractivity contribution in [3.05, 3.63) is 99.4 Å². The molecule has 172 valence electrons. The molecule has 3 aromatic rings. The van der Waals surface area contributed by atoms with Crippen molar-refractivity contribution in [1.29, 1.82) is 0 Å². The van der Waals surface area contributed by atoms with Crippen LogP contribution >= 0.6 is 23.4 Å². The Balaban J connectivity index is 1.48. The van der Waals surface area contributed by atoms with Crippen molar-refractivity contribution in [2.45, 2.75) is 13.5 Å². The minimum absolute atomic E-state index is 0.135. The quantitative estimate of drug-likeness (QED) is 0.395. The van der Waals surface area contributed by atoms with Crippen LogP contribution in [0.4, 0.5) is 5.69 Å². The summed E-state index contributed by atoms with van der Waals surface area (Å²) in [6.45, 7) is 2.76. The number of halogens is 1. The molecule has 1 fully saturated rings. The van der Waals surface area contributed by atoms with E-state index in [1.165, 1.54) is 23.9 Å². The molecule has 1 aliphatic rings. The number of carboxylic acids is 1. The maximum atomic E-state index is 12.9. The van der Waals surface area contributed by atoms with Crippen LogP contribution in [0.15, 0.2) is 82.7 Å². The number of carbonyl (C=O) groups excluding carboxylic acids is 1. The third-order valence-corrected chi connectivity index (χ3v) is 6.28. The molecule has 0 aromatic heterocycles. The molecule has 0 unspecified atom stereocenters. The lowest BCUT2D eigenvalue weighted by atomic mass is 10.2. The number of aromatic carboxylic acids is 1. The monoisotopic (exact) mass is 492 g/mol. The first-order valence-corrected chi connectivity index (χ1v) is 11.7. The smallest absolute Gasteiger partial charge is 0.335 e. The summed E-state index contributed by atoms with van der Waals surface area (Å²) < 4.78 is 5.82. The number of ether oxygens (including phenoxy) is 1. The van der Waals surface area contributed by atoms with Gasteiger partial charge >= 0.3 is 5.97 Å². The minimum atomic E-state index is -1.02. The van der Waals surface area contributed by atoms with E-state index in [9.17, 15) is 14.7 Å². The van der Waals surface area contributed by atoms with Gasteiger partial charge in [-0.2, -0.15) is 0 Å². The van der Waals surface area contributed by atoms with Gasteiger partial charge in [0.2, 0.25) is 0 Å². The maximum absolute atomic E-state index is 12.9. The summed E-state index contributed by atoms with van der Waals surface area (Å²) in [5.74, 6) is -0.437. The summed E-state index contributed by atoms with van der Waals surface area (Å²) in [4.78, 5) is 30.8. The van der Waals surface area contributed by atoms with Crippen LogP contribution in [-0.2, 0) is 11.4 Å². The highest BCUT2D eigenvalue weighted by atomic mass is 35.5. The number of rotatable bonds is 7. The largest absolute Gasteiger partial charge is 0.489 e. The Bertz CT molecular complexity index is 1270. The Morgan fingerprint density at radius 3 is 2.53 bits per heavy atom. The van der Waals surface area contributed by atoms with Crippen molar-refractivity contribution in [1.82, 2.24) is 4.90 Å². The Labute approximate surface area is 206 Å². The van der Waals surface area contributed by atoms with Gasteiger partial charge in [-0.1, -0.05) is 41.9 Å². The van der Waals surface area contributed by atoms with Gasteiger partial charge in [-0.15, -0.1) is 0 Å². The molecule has 0 spiro atoms. The molecule has 0 aliphatic carbocycles. The van der Waals surface area contributed by atoms with Crippen molar-refractivity contribution < 1.29 is 19.4 Å². The van der Waals surface area contributed by atoms with E-state index in [2.05, 4.69) is 4.99 Å². The van der Waals surface area contributed by atoms with E-state index in [0.717, 1.165) is 16.9 Å². The number of carboxylic acid groups (broad SMARTS) is 1. The van der Waals surface area contributed by atoms with Crippen LogP contribution in [0.3, 0.4) is 0 Å². The van der Waals surface area contributed by atoms with Crippen LogP contribution in [0.5, 0.6) is 5.75 Å². The first-order valence-electron chi connectivity index (χ1n) is 10.5. The van der Waals surface area contributed by atoms with Crippen LogP contribution in [0.1, 0.15) is 28.4 Å². The van der Waals surface area contributed by atoms with Crippen molar-refractivity contribution in [2.75, 3.05) is 6.54 Å². The van der Waals surface area contributed by atoms with E-state index in [1.54, 1.807) is 17.0 Å². The average Bonchev–Trinajstić information content (AvgIpc) is 3.13. The molecule has 0 radical (unpaired) electrons. The lowest BCUT2D eigenvalue weighted by molar-refractivity contribution is -0.122. The predicted octanol–water partition coefficient (Wildman–Crippen LogP) is 6.24. The molecule has 6 nitrogen and oxygen atoms in total. The van der Waals surface area contributed by atoms with Crippen molar-refractivity contribution in [3.8, 4) is 5.75 Å². The van der Waals surface area contributed by atoms with Gasteiger partial charge in [0.25, 0.3) is 5.91 Å². The van der Waals surface area contributed by atoms with E-state index in [4.69, 9.17) is 16.3 Å². The lowest BCUT2D eigenvalue weighted by Gasteiger charge is -2.12. The summed E-state index contributed by atoms with van der Waals surface area (Å²) >= 11 is 7.17. The number of hydrogen-bond donors (Lipinski definition) is 1. The third kappa shape index (κ3) is 5.68. The standard InChI is InChI=1S/C26H21ClN2O4S/c1-2-29-24(30)23(34-26(29)28-21-5-3-4-19(15-21)25(31)32)14-17-8-12-22(13-9-17)33-16-18-6-10-20(27)11-7-18/h3-15H,2,16H2,1H3,(H,31,32)/b23-14-,28-26?. The zero-order valence-electron chi connectivity index (χ0n) is 18.3. The van der Waals surface area contributed by atoms with Gasteiger partial charge in [-0.25, -0.2) is 9.79 Å². The van der Waals surface area contributed by atoms with Crippen LogP contribution in [0.25, 0.3) is 6.08 Å². The van der Waals surface area contributed by atoms with E-state index in [-0.39, 0.29) is 11.5 Å². The second-order valence-electron chi connectivity index (χ2n) is 7.39. The second-order valence-corrected chi connectivity index (χ2v) is 8.84. The minimum Gasteiger partial charge on any atom is -0.489 e. The van der Waals surface area contributed by atoms with Crippen molar-refractivity contribution in [3.63, 3.8) is 0 Å². The highest BCUT2D eigenvalue weighted by Gasteiger charge is 2.32. The summed E-state index contributed by atoms with van der Waals surface area (Å²) in [5, 5.41) is 10.4. The number of carbonyl (C=O) groups is 2. The normalized spacial score (nSPS) is 15.8. The zero-order chi connectivity index (χ0) is 24.1. The molecular formula is C26H21ClN2O4S. The average molecular weight is 493 g/mol. The van der Waals surface area contributed by atoms with Crippen LogP contribution in [0, 0.1) is 0 Å². The summed E-state index contributed by atoms with van der Waals surface area (Å²) in [6.07, 6.45) is 1.81. The molecule has 1 aliphatic heterocycles. The van der Waals surface area contributed by atoms with Crippen LogP contribution < -0.4 is 4.74 Å². The highest BCUT2D eigenvalue weighted by molar-refractivity contribution is 8.18. The Morgan fingerprint density at radius 1 is 1.12 bits per heavy atom. The molecule has 1 amide bonds. The molecule has 0 atom stereocenters. The second kappa shape index (κ2) is 10.6. The van der Waals surface area contributed by atoms with E-state index in [0.29, 0.717) is 33.9 Å². The van der Waals surface area contributed by atoms with Gasteiger partial charge in [0.1, 0.15) is 12.4 Å². The van der Waals surface area contributed by atoms with Crippen molar-refractivity contribution in [2.24, 2.45) is 4.99 Å². The zero-order valence-corrected chi connectivity index (χ0v) is 19.8. The van der Waals surface area contributed by atoms with E-state index < -0.39 is 5.97 Å². The topological polar surface area (TPSA) is 79.2 Å². The molecule has 8 heteroatoms.